The number of carbonyl (C=O) groups is 1. The van der Waals surface area contributed by atoms with Crippen LogP contribution in [0.3, 0.4) is 0 Å². The number of esters is 1. The molecule has 5 heteroatoms. The van der Waals surface area contributed by atoms with Crippen LogP contribution in [0.4, 0.5) is 0 Å². The fourth-order valence-electron chi connectivity index (χ4n) is 3.52. The molecule has 1 aromatic heterocycles. The van der Waals surface area contributed by atoms with E-state index in [0.29, 0.717) is 12.2 Å². The molecule has 3 aromatic carbocycles. The molecule has 4 rings (SSSR count). The number of H-pyrrole nitrogens is 1. The zero-order valence-corrected chi connectivity index (χ0v) is 16.0. The third-order valence-electron chi connectivity index (χ3n) is 4.89. The van der Waals surface area contributed by atoms with Crippen LogP contribution in [-0.2, 0) is 11.2 Å². The summed E-state index contributed by atoms with van der Waals surface area (Å²) in [7, 11) is 3.30. The van der Waals surface area contributed by atoms with E-state index in [-0.39, 0.29) is 5.97 Å². The summed E-state index contributed by atoms with van der Waals surface area (Å²) in [5.74, 6) is 1.78. The first-order valence-electron chi connectivity index (χ1n) is 9.01. The van der Waals surface area contributed by atoms with Gasteiger partial charge in [0.2, 0.25) is 0 Å². The van der Waals surface area contributed by atoms with Crippen LogP contribution in [0.2, 0.25) is 0 Å². The Kier molecular flexibility index (Phi) is 4.65. The van der Waals surface area contributed by atoms with Gasteiger partial charge in [0, 0.05) is 36.0 Å². The van der Waals surface area contributed by atoms with Crippen LogP contribution in [-0.4, -0.2) is 25.2 Å². The average Bonchev–Trinajstić information content (AvgIpc) is 3.10. The van der Waals surface area contributed by atoms with Gasteiger partial charge >= 0.3 is 5.97 Å². The van der Waals surface area contributed by atoms with Gasteiger partial charge in [-0.1, -0.05) is 12.1 Å². The fraction of sp³-hybridized carbons (Fsp3) is 0.174. The number of hydrogen-bond donors (Lipinski definition) is 1. The van der Waals surface area contributed by atoms with E-state index in [1.165, 1.54) is 6.92 Å². The van der Waals surface area contributed by atoms with Crippen molar-refractivity contribution in [1.82, 2.24) is 4.98 Å². The first kappa shape index (κ1) is 17.9. The Labute approximate surface area is 162 Å². The van der Waals surface area contributed by atoms with Crippen molar-refractivity contribution in [3.05, 3.63) is 65.9 Å². The molecule has 0 saturated carbocycles. The lowest BCUT2D eigenvalue weighted by Crippen LogP contribution is -2.05. The minimum absolute atomic E-state index is 0.343. The predicted octanol–water partition coefficient (Wildman–Crippen LogP) is 4.85. The molecule has 28 heavy (non-hydrogen) atoms. The highest BCUT2D eigenvalue weighted by Gasteiger charge is 2.15. The monoisotopic (exact) mass is 375 g/mol. The molecule has 0 amide bonds. The van der Waals surface area contributed by atoms with Crippen LogP contribution in [0.15, 0.2) is 54.7 Å². The van der Waals surface area contributed by atoms with Gasteiger partial charge in [0.15, 0.2) is 0 Å². The SMILES string of the molecule is COc1ccc2ccc(OC(C)=O)c(Cc3c[nH]c4ccc(OC)cc34)c2c1. The summed E-state index contributed by atoms with van der Waals surface area (Å²) in [5, 5.41) is 3.13. The van der Waals surface area contributed by atoms with Crippen LogP contribution in [0.5, 0.6) is 17.2 Å². The van der Waals surface area contributed by atoms with E-state index in [9.17, 15) is 4.79 Å². The lowest BCUT2D eigenvalue weighted by atomic mass is 9.96. The summed E-state index contributed by atoms with van der Waals surface area (Å²) < 4.78 is 16.3. The van der Waals surface area contributed by atoms with Gasteiger partial charge in [-0.15, -0.1) is 0 Å². The maximum atomic E-state index is 11.7. The van der Waals surface area contributed by atoms with Crippen molar-refractivity contribution in [3.8, 4) is 17.2 Å². The maximum Gasteiger partial charge on any atom is 0.308 e. The number of aromatic amines is 1. The number of benzene rings is 3. The van der Waals surface area contributed by atoms with Crippen molar-refractivity contribution >= 4 is 27.6 Å². The molecule has 5 nitrogen and oxygen atoms in total. The van der Waals surface area contributed by atoms with Gasteiger partial charge in [-0.3, -0.25) is 4.79 Å². The highest BCUT2D eigenvalue weighted by molar-refractivity contribution is 5.91. The Morgan fingerprint density at radius 3 is 2.32 bits per heavy atom. The molecular formula is C23H21NO4. The Morgan fingerprint density at radius 1 is 0.929 bits per heavy atom. The number of rotatable bonds is 5. The lowest BCUT2D eigenvalue weighted by Gasteiger charge is -2.13. The summed E-state index contributed by atoms with van der Waals surface area (Å²) in [5.41, 5.74) is 3.07. The van der Waals surface area contributed by atoms with Gasteiger partial charge in [-0.2, -0.15) is 0 Å². The predicted molar refractivity (Wildman–Crippen MR) is 109 cm³/mol. The number of nitrogens with one attached hydrogen (secondary N) is 1. The van der Waals surface area contributed by atoms with Crippen molar-refractivity contribution in [2.75, 3.05) is 14.2 Å². The summed E-state index contributed by atoms with van der Waals surface area (Å²) in [6, 6.07) is 15.6. The van der Waals surface area contributed by atoms with Crippen molar-refractivity contribution in [2.45, 2.75) is 13.3 Å². The number of carbonyl (C=O) groups excluding carboxylic acids is 1. The summed E-state index contributed by atoms with van der Waals surface area (Å²) in [6.07, 6.45) is 2.58. The highest BCUT2D eigenvalue weighted by Crippen LogP contribution is 2.35. The standard InChI is InChI=1S/C23H21NO4/c1-14(25)28-23-9-5-15-4-6-17(26-2)11-19(15)21(23)10-16-13-24-22-8-7-18(27-3)12-20(16)22/h4-9,11-13,24H,10H2,1-3H3. The van der Waals surface area contributed by atoms with E-state index in [1.54, 1.807) is 14.2 Å². The first-order chi connectivity index (χ1) is 13.6. The van der Waals surface area contributed by atoms with Crippen molar-refractivity contribution in [1.29, 1.82) is 0 Å². The van der Waals surface area contributed by atoms with Crippen LogP contribution < -0.4 is 14.2 Å². The van der Waals surface area contributed by atoms with E-state index in [2.05, 4.69) is 4.98 Å². The molecule has 0 unspecified atom stereocenters. The molecular weight excluding hydrogens is 354 g/mol. The number of ether oxygens (including phenoxy) is 3. The number of hydrogen-bond acceptors (Lipinski definition) is 4. The number of methoxy groups -OCH3 is 2. The Hall–Kier alpha value is -3.47. The topological polar surface area (TPSA) is 60.5 Å². The zero-order chi connectivity index (χ0) is 19.7. The second kappa shape index (κ2) is 7.27. The average molecular weight is 375 g/mol. The van der Waals surface area contributed by atoms with Gasteiger partial charge in [-0.25, -0.2) is 0 Å². The van der Waals surface area contributed by atoms with E-state index in [0.717, 1.165) is 44.3 Å². The number of aromatic nitrogens is 1. The Morgan fingerprint density at radius 2 is 1.61 bits per heavy atom. The second-order valence-electron chi connectivity index (χ2n) is 6.63. The minimum Gasteiger partial charge on any atom is -0.497 e. The highest BCUT2D eigenvalue weighted by atomic mass is 16.5. The molecule has 1 N–H and O–H groups in total. The van der Waals surface area contributed by atoms with Crippen molar-refractivity contribution in [3.63, 3.8) is 0 Å². The quantitative estimate of drug-likeness (QED) is 0.400. The molecule has 1 heterocycles. The van der Waals surface area contributed by atoms with E-state index >= 15 is 0 Å². The molecule has 0 bridgehead atoms. The number of fused-ring (bicyclic) bond motifs is 2. The van der Waals surface area contributed by atoms with Crippen molar-refractivity contribution < 1.29 is 19.0 Å². The van der Waals surface area contributed by atoms with Crippen LogP contribution in [0.25, 0.3) is 21.7 Å². The molecule has 0 radical (unpaired) electrons. The van der Waals surface area contributed by atoms with Gasteiger partial charge in [0.05, 0.1) is 14.2 Å². The minimum atomic E-state index is -0.343. The van der Waals surface area contributed by atoms with Crippen LogP contribution in [0, 0.1) is 0 Å². The van der Waals surface area contributed by atoms with Gasteiger partial charge in [0.25, 0.3) is 0 Å². The van der Waals surface area contributed by atoms with Gasteiger partial charge < -0.3 is 19.2 Å². The second-order valence-corrected chi connectivity index (χ2v) is 6.63. The molecule has 0 spiro atoms. The molecule has 0 aliphatic rings. The van der Waals surface area contributed by atoms with Gasteiger partial charge in [0.1, 0.15) is 17.2 Å². The van der Waals surface area contributed by atoms with Crippen LogP contribution in [0.1, 0.15) is 18.1 Å². The van der Waals surface area contributed by atoms with Gasteiger partial charge in [-0.05, 0) is 52.7 Å². The molecule has 0 aliphatic heterocycles. The van der Waals surface area contributed by atoms with E-state index in [1.807, 2.05) is 54.7 Å². The van der Waals surface area contributed by atoms with E-state index < -0.39 is 0 Å². The summed E-state index contributed by atoms with van der Waals surface area (Å²) >= 11 is 0. The largest absolute Gasteiger partial charge is 0.497 e. The Bertz CT molecular complexity index is 1180. The zero-order valence-electron chi connectivity index (χ0n) is 16.0. The maximum absolute atomic E-state index is 11.7. The normalized spacial score (nSPS) is 11.0. The fourth-order valence-corrected chi connectivity index (χ4v) is 3.52. The summed E-state index contributed by atoms with van der Waals surface area (Å²) in [6.45, 7) is 1.41. The Balaban J connectivity index is 1.89. The third kappa shape index (κ3) is 3.27. The molecule has 0 fully saturated rings. The lowest BCUT2D eigenvalue weighted by molar-refractivity contribution is -0.131. The first-order valence-corrected chi connectivity index (χ1v) is 9.01. The molecule has 0 aliphatic carbocycles. The third-order valence-corrected chi connectivity index (χ3v) is 4.89. The van der Waals surface area contributed by atoms with E-state index in [4.69, 9.17) is 14.2 Å². The molecule has 0 atom stereocenters. The summed E-state index contributed by atoms with van der Waals surface area (Å²) in [4.78, 5) is 15.0. The molecule has 4 aromatic rings. The molecule has 0 saturated heterocycles. The molecule has 142 valence electrons. The van der Waals surface area contributed by atoms with Crippen molar-refractivity contribution in [2.24, 2.45) is 0 Å². The smallest absolute Gasteiger partial charge is 0.308 e. The van der Waals surface area contributed by atoms with Crippen LogP contribution >= 0.6 is 0 Å².